The molecule has 0 unspecified atom stereocenters. The van der Waals surface area contributed by atoms with Crippen LogP contribution in [0.4, 0.5) is 0 Å². The van der Waals surface area contributed by atoms with E-state index in [0.717, 1.165) is 17.4 Å². The highest BCUT2D eigenvalue weighted by Gasteiger charge is 2.28. The molecular weight excluding hydrogens is 278 g/mol. The molecule has 0 bridgehead atoms. The number of aromatic nitrogens is 1. The molecule has 1 aromatic carbocycles. The van der Waals surface area contributed by atoms with Crippen molar-refractivity contribution in [1.29, 1.82) is 0 Å². The van der Waals surface area contributed by atoms with Gasteiger partial charge in [-0.1, -0.05) is 32.0 Å². The number of hydrogen-bond acceptors (Lipinski definition) is 2. The number of carbonyl (C=O) groups is 2. The molecular formula is C17H23N3O2. The molecule has 0 atom stereocenters. The van der Waals surface area contributed by atoms with Crippen molar-refractivity contribution in [2.24, 2.45) is 11.7 Å². The number of hydrogen-bond donors (Lipinski definition) is 2. The van der Waals surface area contributed by atoms with Crippen molar-refractivity contribution in [2.45, 2.75) is 39.8 Å². The van der Waals surface area contributed by atoms with Crippen LogP contribution in [0.1, 0.15) is 38.1 Å². The van der Waals surface area contributed by atoms with Crippen molar-refractivity contribution in [3.05, 3.63) is 36.0 Å². The zero-order chi connectivity index (χ0) is 16.5. The van der Waals surface area contributed by atoms with Gasteiger partial charge in [0, 0.05) is 23.6 Å². The van der Waals surface area contributed by atoms with Crippen molar-refractivity contribution >= 4 is 22.7 Å². The second-order valence-corrected chi connectivity index (χ2v) is 6.55. The van der Waals surface area contributed by atoms with E-state index in [9.17, 15) is 9.59 Å². The zero-order valence-corrected chi connectivity index (χ0v) is 13.5. The fourth-order valence-electron chi connectivity index (χ4n) is 2.38. The van der Waals surface area contributed by atoms with Gasteiger partial charge in [0.1, 0.15) is 5.54 Å². The van der Waals surface area contributed by atoms with Crippen LogP contribution in [-0.4, -0.2) is 21.9 Å². The van der Waals surface area contributed by atoms with Crippen LogP contribution in [0, 0.1) is 5.92 Å². The third-order valence-electron chi connectivity index (χ3n) is 3.64. The van der Waals surface area contributed by atoms with Crippen molar-refractivity contribution in [2.75, 3.05) is 0 Å². The Kier molecular flexibility index (Phi) is 4.26. The number of fused-ring (bicyclic) bond motifs is 1. The summed E-state index contributed by atoms with van der Waals surface area (Å²) in [6.07, 6.45) is 1.84. The van der Waals surface area contributed by atoms with Crippen LogP contribution in [0.15, 0.2) is 30.5 Å². The Bertz CT molecular complexity index is 714. The maximum Gasteiger partial charge on any atom is 0.254 e. The van der Waals surface area contributed by atoms with Crippen LogP contribution in [0.5, 0.6) is 0 Å². The van der Waals surface area contributed by atoms with Gasteiger partial charge < -0.3 is 15.6 Å². The molecule has 0 aliphatic rings. The number of nitrogens with zero attached hydrogens (tertiary/aromatic N) is 1. The van der Waals surface area contributed by atoms with E-state index in [2.05, 4.69) is 23.7 Å². The zero-order valence-electron chi connectivity index (χ0n) is 13.5. The van der Waals surface area contributed by atoms with Gasteiger partial charge in [-0.15, -0.1) is 0 Å². The van der Waals surface area contributed by atoms with Gasteiger partial charge in [0.15, 0.2) is 0 Å². The molecule has 22 heavy (non-hydrogen) atoms. The predicted molar refractivity (Wildman–Crippen MR) is 87.5 cm³/mol. The van der Waals surface area contributed by atoms with Crippen LogP contribution in [-0.2, 0) is 11.3 Å². The Morgan fingerprint density at radius 1 is 1.27 bits per heavy atom. The summed E-state index contributed by atoms with van der Waals surface area (Å²) in [7, 11) is 0. The van der Waals surface area contributed by atoms with Crippen molar-refractivity contribution in [3.63, 3.8) is 0 Å². The summed E-state index contributed by atoms with van der Waals surface area (Å²) in [6.45, 7) is 8.28. The molecule has 0 saturated heterocycles. The fourth-order valence-corrected chi connectivity index (χ4v) is 2.38. The minimum absolute atomic E-state index is 0.289. The number of benzene rings is 1. The molecule has 2 aromatic rings. The van der Waals surface area contributed by atoms with E-state index < -0.39 is 11.4 Å². The first-order chi connectivity index (χ1) is 10.2. The Hall–Kier alpha value is -2.30. The quantitative estimate of drug-likeness (QED) is 0.889. The molecule has 0 radical (unpaired) electrons. The number of nitrogens with two attached hydrogens (primary N) is 1. The SMILES string of the molecule is CC(C)Cn1cc(C(=O)NC(C)(C)C(N)=O)c2ccccc21. The van der Waals surface area contributed by atoms with Gasteiger partial charge >= 0.3 is 0 Å². The Labute approximate surface area is 130 Å². The average Bonchev–Trinajstić information content (AvgIpc) is 2.77. The van der Waals surface area contributed by atoms with Gasteiger partial charge in [-0.2, -0.15) is 0 Å². The first kappa shape index (κ1) is 16.1. The topological polar surface area (TPSA) is 77.1 Å². The molecule has 0 aliphatic heterocycles. The largest absolute Gasteiger partial charge is 0.368 e. The molecule has 0 saturated carbocycles. The average molecular weight is 301 g/mol. The first-order valence-corrected chi connectivity index (χ1v) is 7.42. The van der Waals surface area contributed by atoms with Gasteiger partial charge in [0.2, 0.25) is 5.91 Å². The summed E-state index contributed by atoms with van der Waals surface area (Å²) in [6, 6.07) is 7.76. The number of para-hydroxylation sites is 1. The van der Waals surface area contributed by atoms with Gasteiger partial charge in [-0.25, -0.2) is 0 Å². The molecule has 0 fully saturated rings. The van der Waals surface area contributed by atoms with E-state index in [0.29, 0.717) is 11.5 Å². The summed E-state index contributed by atoms with van der Waals surface area (Å²) >= 11 is 0. The lowest BCUT2D eigenvalue weighted by Gasteiger charge is -2.21. The third-order valence-corrected chi connectivity index (χ3v) is 3.64. The highest BCUT2D eigenvalue weighted by Crippen LogP contribution is 2.23. The summed E-state index contributed by atoms with van der Waals surface area (Å²) in [5.74, 6) is -0.386. The molecule has 2 rings (SSSR count). The predicted octanol–water partition coefficient (Wildman–Crippen LogP) is 2.29. The summed E-state index contributed by atoms with van der Waals surface area (Å²) < 4.78 is 2.08. The van der Waals surface area contributed by atoms with E-state index in [1.165, 1.54) is 0 Å². The number of carbonyl (C=O) groups excluding carboxylic acids is 2. The third kappa shape index (κ3) is 3.13. The monoisotopic (exact) mass is 301 g/mol. The van der Waals surface area contributed by atoms with Crippen LogP contribution < -0.4 is 11.1 Å². The number of nitrogens with one attached hydrogen (secondary N) is 1. The van der Waals surface area contributed by atoms with Crippen LogP contribution in [0.3, 0.4) is 0 Å². The molecule has 5 heteroatoms. The van der Waals surface area contributed by atoms with Gasteiger partial charge in [-0.3, -0.25) is 9.59 Å². The second kappa shape index (κ2) is 5.83. The lowest BCUT2D eigenvalue weighted by atomic mass is 10.0. The normalized spacial score (nSPS) is 11.9. The van der Waals surface area contributed by atoms with Crippen LogP contribution in [0.2, 0.25) is 0 Å². The van der Waals surface area contributed by atoms with E-state index in [1.54, 1.807) is 13.8 Å². The van der Waals surface area contributed by atoms with E-state index >= 15 is 0 Å². The van der Waals surface area contributed by atoms with E-state index in [1.807, 2.05) is 30.5 Å². The minimum Gasteiger partial charge on any atom is -0.368 e. The van der Waals surface area contributed by atoms with Crippen molar-refractivity contribution < 1.29 is 9.59 Å². The Morgan fingerprint density at radius 3 is 2.50 bits per heavy atom. The summed E-state index contributed by atoms with van der Waals surface area (Å²) in [4.78, 5) is 24.0. The Morgan fingerprint density at radius 2 is 1.91 bits per heavy atom. The molecule has 0 aliphatic carbocycles. The molecule has 3 N–H and O–H groups in total. The van der Waals surface area contributed by atoms with Gasteiger partial charge in [0.25, 0.3) is 5.91 Å². The van der Waals surface area contributed by atoms with Crippen molar-refractivity contribution in [1.82, 2.24) is 9.88 Å². The van der Waals surface area contributed by atoms with Gasteiger partial charge in [0.05, 0.1) is 5.56 Å². The number of primary amides is 1. The Balaban J connectivity index is 2.43. The molecule has 0 spiro atoms. The van der Waals surface area contributed by atoms with E-state index in [-0.39, 0.29) is 5.91 Å². The molecule has 2 amide bonds. The number of rotatable bonds is 5. The number of amides is 2. The highest BCUT2D eigenvalue weighted by atomic mass is 16.2. The standard InChI is InChI=1S/C17H23N3O2/c1-11(2)9-20-10-13(12-7-5-6-8-14(12)20)15(21)19-17(3,4)16(18)22/h5-8,10-11H,9H2,1-4H3,(H2,18,22)(H,19,21). The lowest BCUT2D eigenvalue weighted by molar-refractivity contribution is -0.122. The lowest BCUT2D eigenvalue weighted by Crippen LogP contribution is -2.52. The maximum absolute atomic E-state index is 12.5. The first-order valence-electron chi connectivity index (χ1n) is 7.42. The molecule has 1 aromatic heterocycles. The maximum atomic E-state index is 12.5. The van der Waals surface area contributed by atoms with Crippen LogP contribution >= 0.6 is 0 Å². The van der Waals surface area contributed by atoms with Crippen molar-refractivity contribution in [3.8, 4) is 0 Å². The fraction of sp³-hybridized carbons (Fsp3) is 0.412. The summed E-state index contributed by atoms with van der Waals surface area (Å²) in [5.41, 5.74) is 5.81. The summed E-state index contributed by atoms with van der Waals surface area (Å²) in [5, 5.41) is 3.58. The van der Waals surface area contributed by atoms with Crippen LogP contribution in [0.25, 0.3) is 10.9 Å². The molecule has 118 valence electrons. The molecule has 1 heterocycles. The van der Waals surface area contributed by atoms with Gasteiger partial charge in [-0.05, 0) is 25.8 Å². The smallest absolute Gasteiger partial charge is 0.254 e. The second-order valence-electron chi connectivity index (χ2n) is 6.55. The van der Waals surface area contributed by atoms with E-state index in [4.69, 9.17) is 5.73 Å². The minimum atomic E-state index is -1.08. The highest BCUT2D eigenvalue weighted by molar-refractivity contribution is 6.08. The molecule has 5 nitrogen and oxygen atoms in total.